The van der Waals surface area contributed by atoms with Gasteiger partial charge in [0.25, 0.3) is 0 Å². The normalized spacial score (nSPS) is 20.4. The van der Waals surface area contributed by atoms with E-state index in [0.717, 1.165) is 18.6 Å². The molecule has 0 heterocycles. The second-order valence-electron chi connectivity index (χ2n) is 11.6. The van der Waals surface area contributed by atoms with Crippen molar-refractivity contribution in [3.05, 3.63) is 0 Å². The minimum Gasteiger partial charge on any atom is -0.350 e. The largest absolute Gasteiger partial charge is 0.350 e. The molecule has 0 amide bonds. The van der Waals surface area contributed by atoms with Gasteiger partial charge in [-0.2, -0.15) is 10.2 Å². The molecule has 1 fully saturated rings. The molecule has 1 aliphatic carbocycles. The van der Waals surface area contributed by atoms with Crippen LogP contribution in [0.2, 0.25) is 78.6 Å². The summed E-state index contributed by atoms with van der Waals surface area (Å²) in [7, 11) is -6.60. The van der Waals surface area contributed by atoms with Crippen LogP contribution in [0.25, 0.3) is 0 Å². The molecule has 0 saturated heterocycles. The summed E-state index contributed by atoms with van der Waals surface area (Å²) in [5.41, 5.74) is 1.57. The highest BCUT2D eigenvalue weighted by molar-refractivity contribution is 6.90. The molecule has 0 atom stereocenters. The quantitative estimate of drug-likeness (QED) is 0.409. The summed E-state index contributed by atoms with van der Waals surface area (Å²) >= 11 is 0. The molecule has 156 valence electrons. The van der Waals surface area contributed by atoms with E-state index in [0.29, 0.717) is 12.1 Å². The Kier molecular flexibility index (Phi) is 7.33. The molecule has 0 aromatic carbocycles. The van der Waals surface area contributed by atoms with E-state index in [1.165, 1.54) is 0 Å². The first kappa shape index (κ1) is 24.5. The van der Waals surface area contributed by atoms with Gasteiger partial charge >= 0.3 is 0 Å². The molecule has 0 bridgehead atoms. The average Bonchev–Trinajstić information content (AvgIpc) is 2.38. The zero-order chi connectivity index (χ0) is 21.4. The fourth-order valence-electron chi connectivity index (χ4n) is 3.86. The number of ketones is 1. The van der Waals surface area contributed by atoms with E-state index in [4.69, 9.17) is 10.2 Å². The van der Waals surface area contributed by atoms with Gasteiger partial charge in [-0.3, -0.25) is 4.79 Å². The molecule has 5 nitrogen and oxygen atoms in total. The van der Waals surface area contributed by atoms with Crippen molar-refractivity contribution in [2.24, 2.45) is 10.2 Å². The molecule has 0 aromatic rings. The molecule has 0 unspecified atom stereocenters. The zero-order valence-electron chi connectivity index (χ0n) is 19.8. The summed E-state index contributed by atoms with van der Waals surface area (Å²) in [4.78, 5) is 12.9. The van der Waals surface area contributed by atoms with Crippen LogP contribution in [-0.2, 0) is 4.79 Å². The lowest BCUT2D eigenvalue weighted by molar-refractivity contribution is -0.113. The Morgan fingerprint density at radius 2 is 1.00 bits per heavy atom. The average molecular weight is 443 g/mol. The van der Waals surface area contributed by atoms with E-state index in [2.05, 4.69) is 87.2 Å². The fourth-order valence-corrected chi connectivity index (χ4v) is 21.6. The second kappa shape index (κ2) is 8.08. The van der Waals surface area contributed by atoms with Crippen molar-refractivity contribution in [3.63, 3.8) is 0 Å². The first-order valence-electron chi connectivity index (χ1n) is 10.2. The van der Waals surface area contributed by atoms with Crippen LogP contribution in [-0.4, -0.2) is 58.8 Å². The molecular formula is C18H42N4OSi4. The van der Waals surface area contributed by atoms with Crippen LogP contribution in [0.5, 0.6) is 0 Å². The molecule has 9 heteroatoms. The number of carbonyl (C=O) groups excluding carboxylic acids is 1. The molecule has 0 aliphatic heterocycles. The van der Waals surface area contributed by atoms with Crippen molar-refractivity contribution in [2.75, 3.05) is 0 Å². The SMILES string of the molecule is C[Si](C)(C)N(/N=C1/CCCC(=O)/C1=N\N([Si](C)(C)C)[Si](C)(C)C)[Si](C)(C)C. The lowest BCUT2D eigenvalue weighted by Gasteiger charge is -2.43. The van der Waals surface area contributed by atoms with Gasteiger partial charge in [0.2, 0.25) is 0 Å². The predicted octanol–water partition coefficient (Wildman–Crippen LogP) is 5.40. The van der Waals surface area contributed by atoms with Gasteiger partial charge in [-0.1, -0.05) is 78.6 Å². The zero-order valence-corrected chi connectivity index (χ0v) is 23.8. The monoisotopic (exact) mass is 442 g/mol. The van der Waals surface area contributed by atoms with Gasteiger partial charge in [0, 0.05) is 6.42 Å². The second-order valence-corrected chi connectivity index (χ2v) is 31.5. The van der Waals surface area contributed by atoms with Gasteiger partial charge in [0.1, 0.15) is 5.71 Å². The van der Waals surface area contributed by atoms with Crippen LogP contribution in [0.15, 0.2) is 10.2 Å². The molecule has 1 rings (SSSR count). The summed E-state index contributed by atoms with van der Waals surface area (Å²) < 4.78 is 4.76. The van der Waals surface area contributed by atoms with Gasteiger partial charge in [0.05, 0.1) is 5.71 Å². The topological polar surface area (TPSA) is 48.3 Å². The van der Waals surface area contributed by atoms with E-state index in [1.807, 2.05) is 0 Å². The number of Topliss-reactive ketones (excluding diaryl/α,β-unsaturated/α-hetero) is 1. The highest BCUT2D eigenvalue weighted by atomic mass is 28.4. The van der Waals surface area contributed by atoms with Crippen LogP contribution in [0.1, 0.15) is 19.3 Å². The Morgan fingerprint density at radius 1 is 0.630 bits per heavy atom. The Balaban J connectivity index is 3.54. The van der Waals surface area contributed by atoms with Crippen molar-refractivity contribution < 1.29 is 4.79 Å². The maximum absolute atomic E-state index is 12.9. The Labute approximate surface area is 171 Å². The van der Waals surface area contributed by atoms with Crippen LogP contribution in [0, 0.1) is 0 Å². The van der Waals surface area contributed by atoms with Crippen molar-refractivity contribution in [1.82, 2.24) is 8.68 Å². The third kappa shape index (κ3) is 6.79. The third-order valence-electron chi connectivity index (χ3n) is 4.32. The van der Waals surface area contributed by atoms with Crippen molar-refractivity contribution in [1.29, 1.82) is 0 Å². The smallest absolute Gasteiger partial charge is 0.184 e. The molecule has 1 aliphatic rings. The summed E-state index contributed by atoms with van der Waals surface area (Å²) in [6.45, 7) is 27.9. The Hall–Kier alpha value is -0.522. The number of carbonyl (C=O) groups is 1. The molecule has 1 saturated carbocycles. The van der Waals surface area contributed by atoms with Crippen LogP contribution in [0.3, 0.4) is 0 Å². The van der Waals surface area contributed by atoms with Gasteiger partial charge < -0.3 is 8.68 Å². The van der Waals surface area contributed by atoms with Crippen molar-refractivity contribution >= 4 is 50.1 Å². The number of nitrogens with zero attached hydrogens (tertiary/aromatic N) is 4. The Bertz CT molecular complexity index is 591. The van der Waals surface area contributed by atoms with Gasteiger partial charge in [-0.25, -0.2) is 0 Å². The molecule has 0 aromatic heterocycles. The van der Waals surface area contributed by atoms with E-state index in [1.54, 1.807) is 0 Å². The highest BCUT2D eigenvalue weighted by Crippen LogP contribution is 2.25. The van der Waals surface area contributed by atoms with Gasteiger partial charge in [-0.15, -0.1) is 0 Å². The minimum atomic E-state index is -1.67. The molecule has 27 heavy (non-hydrogen) atoms. The van der Waals surface area contributed by atoms with E-state index in [9.17, 15) is 4.79 Å². The number of hydrogen-bond donors (Lipinski definition) is 0. The summed E-state index contributed by atoms with van der Waals surface area (Å²) in [6, 6.07) is 0. The van der Waals surface area contributed by atoms with E-state index in [-0.39, 0.29) is 5.78 Å². The third-order valence-corrected chi connectivity index (χ3v) is 17.9. The lowest BCUT2D eigenvalue weighted by Crippen LogP contribution is -2.58. The molecule has 0 radical (unpaired) electrons. The first-order chi connectivity index (χ1) is 11.8. The fraction of sp³-hybridized carbons (Fsp3) is 0.833. The van der Waals surface area contributed by atoms with Crippen molar-refractivity contribution in [3.8, 4) is 0 Å². The number of hydrazone groups is 2. The van der Waals surface area contributed by atoms with Gasteiger partial charge in [0.15, 0.2) is 38.7 Å². The van der Waals surface area contributed by atoms with Gasteiger partial charge in [-0.05, 0) is 12.8 Å². The summed E-state index contributed by atoms with van der Waals surface area (Å²) in [5, 5.41) is 10.2. The number of rotatable bonds is 6. The van der Waals surface area contributed by atoms with Crippen LogP contribution >= 0.6 is 0 Å². The van der Waals surface area contributed by atoms with E-state index < -0.39 is 32.9 Å². The van der Waals surface area contributed by atoms with Crippen LogP contribution in [0.4, 0.5) is 0 Å². The lowest BCUT2D eigenvalue weighted by atomic mass is 9.95. The molecule has 0 spiro atoms. The summed E-state index contributed by atoms with van der Waals surface area (Å²) in [6.07, 6.45) is 2.35. The number of hydrogen-bond acceptors (Lipinski definition) is 5. The minimum absolute atomic E-state index is 0.174. The Morgan fingerprint density at radius 3 is 1.37 bits per heavy atom. The van der Waals surface area contributed by atoms with E-state index >= 15 is 0 Å². The predicted molar refractivity (Wildman–Crippen MR) is 131 cm³/mol. The maximum Gasteiger partial charge on any atom is 0.184 e. The van der Waals surface area contributed by atoms with Crippen molar-refractivity contribution in [2.45, 2.75) is 97.8 Å². The highest BCUT2D eigenvalue weighted by Gasteiger charge is 2.38. The summed E-state index contributed by atoms with van der Waals surface area (Å²) in [5.74, 6) is 0.174. The molecular weight excluding hydrogens is 401 g/mol. The maximum atomic E-state index is 12.9. The standard InChI is InChI=1S/C18H42N4OSi4/c1-24(2,3)21(25(4,5)6)19-16-14-13-15-17(23)18(16)20-22(26(7,8)9)27(10,11)12/h13-15H2,1-12H3/b19-16-,20-18-. The molecule has 0 N–H and O–H groups in total. The first-order valence-corrected chi connectivity index (χ1v) is 23.9. The van der Waals surface area contributed by atoms with Crippen LogP contribution < -0.4 is 0 Å².